The van der Waals surface area contributed by atoms with Gasteiger partial charge in [-0.3, -0.25) is 14.9 Å². The van der Waals surface area contributed by atoms with E-state index in [1.807, 2.05) is 13.0 Å². The highest BCUT2D eigenvalue weighted by Crippen LogP contribution is 2.18. The molecule has 4 heteroatoms. The number of amides is 2. The third-order valence-corrected chi connectivity index (χ3v) is 3.13. The minimum Gasteiger partial charge on any atom is -0.304 e. The molecule has 4 nitrogen and oxygen atoms in total. The second-order valence-electron chi connectivity index (χ2n) is 4.51. The first-order valence-electron chi connectivity index (χ1n) is 5.78. The highest BCUT2D eigenvalue weighted by atomic mass is 16.2. The molecule has 0 spiro atoms. The molecule has 1 saturated heterocycles. The van der Waals surface area contributed by atoms with E-state index >= 15 is 0 Å². The summed E-state index contributed by atoms with van der Waals surface area (Å²) < 4.78 is 0. The first kappa shape index (κ1) is 11.8. The molecule has 1 atom stereocenters. The minimum absolute atomic E-state index is 0.246. The maximum absolute atomic E-state index is 12.0. The fraction of sp³-hybridized carbons (Fsp3) is 0.385. The Hall–Kier alpha value is -1.68. The molecule has 1 heterocycles. The fourth-order valence-electron chi connectivity index (χ4n) is 1.99. The van der Waals surface area contributed by atoms with Crippen molar-refractivity contribution in [3.63, 3.8) is 0 Å². The molecular formula is C13H16N2O2. The first-order chi connectivity index (χ1) is 8.12. The van der Waals surface area contributed by atoms with Crippen molar-refractivity contribution in [2.45, 2.75) is 25.3 Å². The summed E-state index contributed by atoms with van der Waals surface area (Å²) >= 11 is 0. The van der Waals surface area contributed by atoms with Gasteiger partial charge in [0.2, 0.25) is 5.91 Å². The van der Waals surface area contributed by atoms with E-state index in [1.165, 1.54) is 0 Å². The SMILES string of the molecule is C[C@@]1(C(=O)NC(=O)c2ccccc2)CCCN1. The number of hydrogen-bond donors (Lipinski definition) is 2. The van der Waals surface area contributed by atoms with Gasteiger partial charge in [-0.1, -0.05) is 18.2 Å². The number of carbonyl (C=O) groups excluding carboxylic acids is 2. The van der Waals surface area contributed by atoms with Crippen LogP contribution in [0.1, 0.15) is 30.1 Å². The molecule has 2 rings (SSSR count). The summed E-state index contributed by atoms with van der Waals surface area (Å²) in [6.45, 7) is 2.65. The molecule has 0 bridgehead atoms. The summed E-state index contributed by atoms with van der Waals surface area (Å²) in [6.07, 6.45) is 1.73. The van der Waals surface area contributed by atoms with Crippen molar-refractivity contribution in [1.82, 2.24) is 10.6 Å². The Bertz CT molecular complexity index is 422. The monoisotopic (exact) mass is 232 g/mol. The van der Waals surface area contributed by atoms with Gasteiger partial charge >= 0.3 is 0 Å². The molecule has 0 saturated carbocycles. The number of rotatable bonds is 2. The molecule has 17 heavy (non-hydrogen) atoms. The van der Waals surface area contributed by atoms with Crippen LogP contribution in [0.2, 0.25) is 0 Å². The van der Waals surface area contributed by atoms with Gasteiger partial charge in [0, 0.05) is 5.56 Å². The molecule has 1 aromatic carbocycles. The summed E-state index contributed by atoms with van der Waals surface area (Å²) in [6, 6.07) is 8.75. The smallest absolute Gasteiger partial charge is 0.257 e. The Labute approximate surface area is 100 Å². The van der Waals surface area contributed by atoms with E-state index in [1.54, 1.807) is 24.3 Å². The quantitative estimate of drug-likeness (QED) is 0.750. The van der Waals surface area contributed by atoms with Crippen LogP contribution in [0, 0.1) is 0 Å². The molecule has 2 N–H and O–H groups in total. The standard InChI is InChI=1S/C13H16N2O2/c1-13(8-5-9-14-13)12(17)15-11(16)10-6-3-2-4-7-10/h2-4,6-7,14H,5,8-9H2,1H3,(H,15,16,17)/t13-/m0/s1. The Kier molecular flexibility index (Phi) is 3.24. The van der Waals surface area contributed by atoms with Crippen molar-refractivity contribution in [3.05, 3.63) is 35.9 Å². The summed E-state index contributed by atoms with van der Waals surface area (Å²) in [5, 5.41) is 5.56. The highest BCUT2D eigenvalue weighted by Gasteiger charge is 2.36. The van der Waals surface area contributed by atoms with E-state index in [2.05, 4.69) is 10.6 Å². The Balaban J connectivity index is 2.02. The van der Waals surface area contributed by atoms with Gasteiger partial charge in [-0.15, -0.1) is 0 Å². The minimum atomic E-state index is -0.607. The van der Waals surface area contributed by atoms with Crippen molar-refractivity contribution >= 4 is 11.8 Å². The largest absolute Gasteiger partial charge is 0.304 e. The van der Waals surface area contributed by atoms with Crippen LogP contribution in [-0.2, 0) is 4.79 Å². The number of benzene rings is 1. The fourth-order valence-corrected chi connectivity index (χ4v) is 1.99. The average Bonchev–Trinajstić information content (AvgIpc) is 2.78. The maximum Gasteiger partial charge on any atom is 0.257 e. The van der Waals surface area contributed by atoms with Gasteiger partial charge in [0.1, 0.15) is 0 Å². The van der Waals surface area contributed by atoms with Crippen molar-refractivity contribution in [1.29, 1.82) is 0 Å². The lowest BCUT2D eigenvalue weighted by molar-refractivity contribution is -0.125. The molecule has 0 aliphatic carbocycles. The third-order valence-electron chi connectivity index (χ3n) is 3.13. The lowest BCUT2D eigenvalue weighted by Crippen LogP contribution is -2.52. The van der Waals surface area contributed by atoms with E-state index in [9.17, 15) is 9.59 Å². The summed E-state index contributed by atoms with van der Waals surface area (Å²) in [5.41, 5.74) is -0.104. The van der Waals surface area contributed by atoms with Crippen LogP contribution < -0.4 is 10.6 Å². The van der Waals surface area contributed by atoms with Crippen molar-refractivity contribution < 1.29 is 9.59 Å². The number of imide groups is 1. The predicted molar refractivity (Wildman–Crippen MR) is 64.6 cm³/mol. The summed E-state index contributed by atoms with van der Waals surface area (Å²) in [4.78, 5) is 23.8. The van der Waals surface area contributed by atoms with Crippen LogP contribution in [-0.4, -0.2) is 23.9 Å². The molecule has 90 valence electrons. The molecule has 1 fully saturated rings. The van der Waals surface area contributed by atoms with Crippen LogP contribution in [0.3, 0.4) is 0 Å². The highest BCUT2D eigenvalue weighted by molar-refractivity contribution is 6.07. The number of nitrogens with one attached hydrogen (secondary N) is 2. The predicted octanol–water partition coefficient (Wildman–Crippen LogP) is 1.09. The summed E-state index contributed by atoms with van der Waals surface area (Å²) in [7, 11) is 0. The molecule has 1 aromatic rings. The Morgan fingerprint density at radius 1 is 1.29 bits per heavy atom. The van der Waals surface area contributed by atoms with E-state index in [0.29, 0.717) is 5.56 Å². The Morgan fingerprint density at radius 2 is 2.00 bits per heavy atom. The second-order valence-corrected chi connectivity index (χ2v) is 4.51. The number of carbonyl (C=O) groups is 2. The van der Waals surface area contributed by atoms with Gasteiger partial charge in [0.15, 0.2) is 0 Å². The van der Waals surface area contributed by atoms with Gasteiger partial charge in [0.25, 0.3) is 5.91 Å². The van der Waals surface area contributed by atoms with E-state index in [-0.39, 0.29) is 11.8 Å². The third kappa shape index (κ3) is 2.53. The topological polar surface area (TPSA) is 58.2 Å². The van der Waals surface area contributed by atoms with Gasteiger partial charge in [-0.05, 0) is 38.4 Å². The van der Waals surface area contributed by atoms with Gasteiger partial charge in [0.05, 0.1) is 5.54 Å². The van der Waals surface area contributed by atoms with Crippen LogP contribution in [0.5, 0.6) is 0 Å². The van der Waals surface area contributed by atoms with E-state index in [0.717, 1.165) is 19.4 Å². The first-order valence-corrected chi connectivity index (χ1v) is 5.78. The zero-order chi connectivity index (χ0) is 12.3. The van der Waals surface area contributed by atoms with Gasteiger partial charge in [-0.25, -0.2) is 0 Å². The molecule has 0 unspecified atom stereocenters. The zero-order valence-corrected chi connectivity index (χ0v) is 9.82. The van der Waals surface area contributed by atoms with E-state index < -0.39 is 5.54 Å². The van der Waals surface area contributed by atoms with Gasteiger partial charge in [-0.2, -0.15) is 0 Å². The molecule has 1 aliphatic heterocycles. The maximum atomic E-state index is 12.0. The van der Waals surface area contributed by atoms with Crippen molar-refractivity contribution in [2.75, 3.05) is 6.54 Å². The van der Waals surface area contributed by atoms with E-state index in [4.69, 9.17) is 0 Å². The van der Waals surface area contributed by atoms with Crippen LogP contribution in [0.25, 0.3) is 0 Å². The molecule has 0 radical (unpaired) electrons. The number of hydrogen-bond acceptors (Lipinski definition) is 3. The summed E-state index contributed by atoms with van der Waals surface area (Å²) in [5.74, 6) is -0.589. The molecular weight excluding hydrogens is 216 g/mol. The average molecular weight is 232 g/mol. The van der Waals surface area contributed by atoms with Crippen LogP contribution in [0.15, 0.2) is 30.3 Å². The Morgan fingerprint density at radius 3 is 2.59 bits per heavy atom. The normalized spacial score (nSPS) is 23.4. The van der Waals surface area contributed by atoms with Crippen LogP contribution in [0.4, 0.5) is 0 Å². The lowest BCUT2D eigenvalue weighted by Gasteiger charge is -2.22. The van der Waals surface area contributed by atoms with Crippen molar-refractivity contribution in [3.8, 4) is 0 Å². The lowest BCUT2D eigenvalue weighted by atomic mass is 9.99. The molecule has 0 aromatic heterocycles. The zero-order valence-electron chi connectivity index (χ0n) is 9.82. The molecule has 2 amide bonds. The van der Waals surface area contributed by atoms with Crippen molar-refractivity contribution in [2.24, 2.45) is 0 Å². The second kappa shape index (κ2) is 4.67. The van der Waals surface area contributed by atoms with Gasteiger partial charge < -0.3 is 5.32 Å². The molecule has 1 aliphatic rings. The van der Waals surface area contributed by atoms with Crippen LogP contribution >= 0.6 is 0 Å².